The van der Waals surface area contributed by atoms with Gasteiger partial charge >= 0.3 is 0 Å². The predicted molar refractivity (Wildman–Crippen MR) is 66.6 cm³/mol. The minimum atomic E-state index is -0.372. The van der Waals surface area contributed by atoms with Crippen LogP contribution in [0.25, 0.3) is 0 Å². The first kappa shape index (κ1) is 12.1. The minimum Gasteiger partial charge on any atom is -0.377 e. The Morgan fingerprint density at radius 1 is 1.50 bits per heavy atom. The van der Waals surface area contributed by atoms with Crippen molar-refractivity contribution in [2.75, 3.05) is 10.6 Å². The van der Waals surface area contributed by atoms with Gasteiger partial charge in [0.25, 0.3) is 0 Å². The molecule has 0 fully saturated rings. The monoisotopic (exact) mass is 248 g/mol. The second-order valence-corrected chi connectivity index (χ2v) is 3.81. The Labute approximate surface area is 103 Å². The van der Waals surface area contributed by atoms with Crippen molar-refractivity contribution in [3.8, 4) is 0 Å². The number of carbonyl (C=O) groups is 1. The smallest absolute Gasteiger partial charge is 0.221 e. The summed E-state index contributed by atoms with van der Waals surface area (Å²) in [7, 11) is 0. The average molecular weight is 248 g/mol. The molecule has 0 saturated carbocycles. The number of aromatic nitrogens is 2. The molecule has 0 spiro atoms. The molecule has 0 aliphatic heterocycles. The summed E-state index contributed by atoms with van der Waals surface area (Å²) < 4.78 is 13.5. The summed E-state index contributed by atoms with van der Waals surface area (Å²) in [6.07, 6.45) is 3.21. The lowest BCUT2D eigenvalue weighted by Crippen LogP contribution is -2.07. The van der Waals surface area contributed by atoms with Crippen molar-refractivity contribution in [2.24, 2.45) is 0 Å². The number of hydrogen-bond donors (Lipinski definition) is 3. The molecule has 0 aliphatic rings. The van der Waals surface area contributed by atoms with Crippen LogP contribution < -0.4 is 10.6 Å². The maximum Gasteiger partial charge on any atom is 0.221 e. The molecule has 0 aliphatic carbocycles. The van der Waals surface area contributed by atoms with Crippen LogP contribution in [0.1, 0.15) is 12.6 Å². The molecule has 2 rings (SSSR count). The third-order valence-electron chi connectivity index (χ3n) is 2.31. The molecule has 1 heterocycles. The highest BCUT2D eigenvalue weighted by atomic mass is 19.1. The molecule has 2 aromatic rings. The van der Waals surface area contributed by atoms with Gasteiger partial charge in [-0.3, -0.25) is 4.79 Å². The van der Waals surface area contributed by atoms with E-state index in [9.17, 15) is 9.18 Å². The highest BCUT2D eigenvalue weighted by Gasteiger charge is 2.04. The highest BCUT2D eigenvalue weighted by Crippen LogP contribution is 2.20. The average Bonchev–Trinajstić information content (AvgIpc) is 2.82. The fraction of sp³-hybridized carbons (Fsp3) is 0.167. The molecular formula is C12H13FN4O. The van der Waals surface area contributed by atoms with E-state index >= 15 is 0 Å². The van der Waals surface area contributed by atoms with Crippen molar-refractivity contribution in [3.63, 3.8) is 0 Å². The normalized spacial score (nSPS) is 10.1. The fourth-order valence-electron chi connectivity index (χ4n) is 1.51. The van der Waals surface area contributed by atoms with Crippen LogP contribution in [0.5, 0.6) is 0 Å². The third-order valence-corrected chi connectivity index (χ3v) is 2.31. The lowest BCUT2D eigenvalue weighted by molar-refractivity contribution is -0.114. The molecule has 6 heteroatoms. The summed E-state index contributed by atoms with van der Waals surface area (Å²) in [6, 6.07) is 4.37. The van der Waals surface area contributed by atoms with Crippen molar-refractivity contribution in [1.82, 2.24) is 9.97 Å². The van der Waals surface area contributed by atoms with Gasteiger partial charge in [0.05, 0.1) is 24.3 Å². The number of halogens is 1. The zero-order valence-corrected chi connectivity index (χ0v) is 9.83. The zero-order chi connectivity index (χ0) is 13.0. The van der Waals surface area contributed by atoms with E-state index in [-0.39, 0.29) is 11.7 Å². The van der Waals surface area contributed by atoms with Gasteiger partial charge in [-0.1, -0.05) is 0 Å². The number of H-pyrrole nitrogens is 1. The summed E-state index contributed by atoms with van der Waals surface area (Å²) >= 11 is 0. The van der Waals surface area contributed by atoms with E-state index in [0.717, 1.165) is 5.69 Å². The molecule has 3 N–H and O–H groups in total. The van der Waals surface area contributed by atoms with E-state index in [0.29, 0.717) is 17.9 Å². The van der Waals surface area contributed by atoms with E-state index in [4.69, 9.17) is 0 Å². The summed E-state index contributed by atoms with van der Waals surface area (Å²) in [6.45, 7) is 1.83. The fourth-order valence-corrected chi connectivity index (χ4v) is 1.51. The highest BCUT2D eigenvalue weighted by molar-refractivity contribution is 5.89. The SMILES string of the molecule is CC(=O)Nc1ccc(F)c(NCc2cnc[nH]2)c1. The molecule has 1 aromatic carbocycles. The predicted octanol–water partition coefficient (Wildman–Crippen LogP) is 2.12. The van der Waals surface area contributed by atoms with Crippen LogP contribution in [0.2, 0.25) is 0 Å². The molecule has 94 valence electrons. The van der Waals surface area contributed by atoms with Gasteiger partial charge in [-0.05, 0) is 18.2 Å². The Balaban J connectivity index is 2.08. The first-order chi connectivity index (χ1) is 8.65. The first-order valence-corrected chi connectivity index (χ1v) is 5.43. The number of nitrogens with one attached hydrogen (secondary N) is 3. The van der Waals surface area contributed by atoms with E-state index in [2.05, 4.69) is 20.6 Å². The van der Waals surface area contributed by atoms with Gasteiger partial charge in [-0.25, -0.2) is 9.37 Å². The van der Waals surface area contributed by atoms with Crippen LogP contribution in [0.15, 0.2) is 30.7 Å². The van der Waals surface area contributed by atoms with Crippen LogP contribution >= 0.6 is 0 Å². The second kappa shape index (κ2) is 5.31. The summed E-state index contributed by atoms with van der Waals surface area (Å²) in [4.78, 5) is 17.7. The lowest BCUT2D eigenvalue weighted by atomic mass is 10.2. The lowest BCUT2D eigenvalue weighted by Gasteiger charge is -2.09. The van der Waals surface area contributed by atoms with E-state index in [1.807, 2.05) is 0 Å². The number of aromatic amines is 1. The van der Waals surface area contributed by atoms with Crippen molar-refractivity contribution in [1.29, 1.82) is 0 Å². The quantitative estimate of drug-likeness (QED) is 0.776. The van der Waals surface area contributed by atoms with Crippen LogP contribution in [0, 0.1) is 5.82 Å². The van der Waals surface area contributed by atoms with Crippen molar-refractivity contribution >= 4 is 17.3 Å². The Morgan fingerprint density at radius 3 is 3.00 bits per heavy atom. The largest absolute Gasteiger partial charge is 0.377 e. The molecule has 0 saturated heterocycles. The molecule has 0 radical (unpaired) electrons. The van der Waals surface area contributed by atoms with Crippen LogP contribution in [-0.4, -0.2) is 15.9 Å². The topological polar surface area (TPSA) is 69.8 Å². The third kappa shape index (κ3) is 3.07. The maximum absolute atomic E-state index is 13.5. The number of hydrogen-bond acceptors (Lipinski definition) is 3. The number of carbonyl (C=O) groups excluding carboxylic acids is 1. The Bertz CT molecular complexity index is 539. The molecule has 0 unspecified atom stereocenters. The van der Waals surface area contributed by atoms with Gasteiger partial charge in [0.15, 0.2) is 0 Å². The number of amides is 1. The Morgan fingerprint density at radius 2 is 2.33 bits per heavy atom. The zero-order valence-electron chi connectivity index (χ0n) is 9.83. The van der Waals surface area contributed by atoms with Crippen molar-refractivity contribution in [3.05, 3.63) is 42.2 Å². The molecular weight excluding hydrogens is 235 g/mol. The van der Waals surface area contributed by atoms with E-state index in [1.54, 1.807) is 18.6 Å². The van der Waals surface area contributed by atoms with Crippen LogP contribution in [0.4, 0.5) is 15.8 Å². The summed E-state index contributed by atoms with van der Waals surface area (Å²) in [5, 5.41) is 5.53. The van der Waals surface area contributed by atoms with Crippen LogP contribution in [-0.2, 0) is 11.3 Å². The van der Waals surface area contributed by atoms with Gasteiger partial charge in [0.2, 0.25) is 5.91 Å². The first-order valence-electron chi connectivity index (χ1n) is 5.43. The van der Waals surface area contributed by atoms with Gasteiger partial charge < -0.3 is 15.6 Å². The number of anilines is 2. The minimum absolute atomic E-state index is 0.193. The van der Waals surface area contributed by atoms with Gasteiger partial charge in [-0.15, -0.1) is 0 Å². The Hall–Kier alpha value is -2.37. The maximum atomic E-state index is 13.5. The molecule has 0 bridgehead atoms. The number of rotatable bonds is 4. The second-order valence-electron chi connectivity index (χ2n) is 3.81. The molecule has 1 amide bonds. The van der Waals surface area contributed by atoms with Crippen molar-refractivity contribution in [2.45, 2.75) is 13.5 Å². The van der Waals surface area contributed by atoms with Gasteiger partial charge in [0.1, 0.15) is 5.82 Å². The van der Waals surface area contributed by atoms with E-state index in [1.165, 1.54) is 19.1 Å². The Kier molecular flexibility index (Phi) is 3.57. The van der Waals surface area contributed by atoms with Crippen LogP contribution in [0.3, 0.4) is 0 Å². The number of benzene rings is 1. The molecule has 0 atom stereocenters. The molecule has 18 heavy (non-hydrogen) atoms. The van der Waals surface area contributed by atoms with Gasteiger partial charge in [0, 0.05) is 18.8 Å². The standard InChI is InChI=1S/C12H13FN4O/c1-8(18)17-9-2-3-11(13)12(4-9)15-6-10-5-14-7-16-10/h2-5,7,15H,6H2,1H3,(H,14,16)(H,17,18). The summed E-state index contributed by atoms with van der Waals surface area (Å²) in [5.41, 5.74) is 1.73. The van der Waals surface area contributed by atoms with Gasteiger partial charge in [-0.2, -0.15) is 0 Å². The number of nitrogens with zero attached hydrogens (tertiary/aromatic N) is 1. The molecule has 5 nitrogen and oxygen atoms in total. The summed E-state index contributed by atoms with van der Waals surface area (Å²) in [5.74, 6) is -0.565. The van der Waals surface area contributed by atoms with Crippen molar-refractivity contribution < 1.29 is 9.18 Å². The van der Waals surface area contributed by atoms with E-state index < -0.39 is 0 Å². The number of imidazole rings is 1. The molecule has 1 aromatic heterocycles.